The number of phenolic OH excluding ortho intramolecular Hbond substituents is 1. The summed E-state index contributed by atoms with van der Waals surface area (Å²) in [6.07, 6.45) is 1.37. The number of halogens is 3. The molecular formula is C14H14ClF2N3O2. The molecule has 0 radical (unpaired) electrons. The van der Waals surface area contributed by atoms with Gasteiger partial charge in [0.05, 0.1) is 11.7 Å². The summed E-state index contributed by atoms with van der Waals surface area (Å²) in [6, 6.07) is 3.92. The van der Waals surface area contributed by atoms with Crippen LogP contribution in [0.1, 0.15) is 24.2 Å². The van der Waals surface area contributed by atoms with Crippen molar-refractivity contribution >= 4 is 17.4 Å². The van der Waals surface area contributed by atoms with Crippen molar-refractivity contribution < 1.29 is 18.6 Å². The van der Waals surface area contributed by atoms with E-state index in [-0.39, 0.29) is 17.5 Å². The number of phenols is 1. The SMILES string of the molecule is Cc1ncnc(NC(C)c2ccc(O)c(OC(F)F)c2)c1Cl. The van der Waals surface area contributed by atoms with Gasteiger partial charge in [0.15, 0.2) is 11.5 Å². The van der Waals surface area contributed by atoms with Crippen LogP contribution in [0.5, 0.6) is 11.5 Å². The minimum absolute atomic E-state index is 0.286. The molecule has 1 aromatic heterocycles. The largest absolute Gasteiger partial charge is 0.504 e. The molecular weight excluding hydrogens is 316 g/mol. The van der Waals surface area contributed by atoms with Crippen LogP contribution in [0.2, 0.25) is 5.02 Å². The lowest BCUT2D eigenvalue weighted by molar-refractivity contribution is -0.0513. The number of rotatable bonds is 5. The van der Waals surface area contributed by atoms with E-state index in [0.29, 0.717) is 22.1 Å². The molecule has 5 nitrogen and oxygen atoms in total. The normalized spacial score (nSPS) is 12.3. The predicted molar refractivity (Wildman–Crippen MR) is 78.6 cm³/mol. The molecule has 2 rings (SSSR count). The number of ether oxygens (including phenoxy) is 1. The third kappa shape index (κ3) is 3.73. The highest BCUT2D eigenvalue weighted by atomic mass is 35.5. The Balaban J connectivity index is 2.22. The molecule has 0 fully saturated rings. The molecule has 2 N–H and O–H groups in total. The van der Waals surface area contributed by atoms with Crippen LogP contribution in [0.3, 0.4) is 0 Å². The van der Waals surface area contributed by atoms with E-state index in [1.165, 1.54) is 18.5 Å². The average molecular weight is 330 g/mol. The number of aromatic hydroxyl groups is 1. The number of hydrogen-bond donors (Lipinski definition) is 2. The first-order valence-corrected chi connectivity index (χ1v) is 6.77. The number of alkyl halides is 2. The first-order valence-electron chi connectivity index (χ1n) is 6.40. The van der Waals surface area contributed by atoms with Gasteiger partial charge in [0.25, 0.3) is 0 Å². The molecule has 1 heterocycles. The molecule has 2 aromatic rings. The molecule has 1 aromatic carbocycles. The number of anilines is 1. The van der Waals surface area contributed by atoms with Crippen molar-refractivity contribution in [1.82, 2.24) is 9.97 Å². The van der Waals surface area contributed by atoms with Crippen molar-refractivity contribution in [3.8, 4) is 11.5 Å². The van der Waals surface area contributed by atoms with Crippen molar-refractivity contribution in [1.29, 1.82) is 0 Å². The van der Waals surface area contributed by atoms with E-state index in [1.807, 2.05) is 0 Å². The fraction of sp³-hybridized carbons (Fsp3) is 0.286. The molecule has 0 amide bonds. The molecule has 0 aliphatic rings. The van der Waals surface area contributed by atoms with E-state index in [0.717, 1.165) is 0 Å². The number of benzene rings is 1. The standard InChI is InChI=1S/C14H14ClF2N3O2/c1-7(20-13-12(15)8(2)18-6-19-13)9-3-4-10(21)11(5-9)22-14(16)17/h3-7,14,21H,1-2H3,(H,18,19,20). The maximum Gasteiger partial charge on any atom is 0.387 e. The number of nitrogens with zero attached hydrogens (tertiary/aromatic N) is 2. The lowest BCUT2D eigenvalue weighted by Crippen LogP contribution is -2.10. The van der Waals surface area contributed by atoms with Crippen LogP contribution in [0, 0.1) is 6.92 Å². The highest BCUT2D eigenvalue weighted by Gasteiger charge is 2.15. The Labute approximate surface area is 130 Å². The predicted octanol–water partition coefficient (Wildman–Crippen LogP) is 3.92. The summed E-state index contributed by atoms with van der Waals surface area (Å²) in [5.74, 6) is -0.204. The lowest BCUT2D eigenvalue weighted by Gasteiger charge is -2.17. The van der Waals surface area contributed by atoms with Gasteiger partial charge in [0, 0.05) is 0 Å². The van der Waals surface area contributed by atoms with Crippen molar-refractivity contribution in [3.05, 3.63) is 40.8 Å². The Morgan fingerprint density at radius 2 is 2.05 bits per heavy atom. The zero-order chi connectivity index (χ0) is 16.3. The smallest absolute Gasteiger partial charge is 0.387 e. The minimum Gasteiger partial charge on any atom is -0.504 e. The van der Waals surface area contributed by atoms with Gasteiger partial charge in [0.1, 0.15) is 17.2 Å². The fourth-order valence-corrected chi connectivity index (χ4v) is 1.99. The fourth-order valence-electron chi connectivity index (χ4n) is 1.84. The highest BCUT2D eigenvalue weighted by molar-refractivity contribution is 6.33. The summed E-state index contributed by atoms with van der Waals surface area (Å²) in [5, 5.41) is 13.0. The Hall–Kier alpha value is -2.15. The topological polar surface area (TPSA) is 67.3 Å². The molecule has 0 aliphatic carbocycles. The molecule has 22 heavy (non-hydrogen) atoms. The van der Waals surface area contributed by atoms with Crippen LogP contribution in [0.15, 0.2) is 24.5 Å². The first-order chi connectivity index (χ1) is 10.4. The van der Waals surface area contributed by atoms with Crippen LogP contribution < -0.4 is 10.1 Å². The summed E-state index contributed by atoms with van der Waals surface area (Å²) >= 11 is 6.10. The van der Waals surface area contributed by atoms with Gasteiger partial charge in [-0.25, -0.2) is 9.97 Å². The highest BCUT2D eigenvalue weighted by Crippen LogP contribution is 2.32. The minimum atomic E-state index is -3.01. The Bertz CT molecular complexity index is 671. The third-order valence-corrected chi connectivity index (χ3v) is 3.47. The van der Waals surface area contributed by atoms with Crippen molar-refractivity contribution in [3.63, 3.8) is 0 Å². The van der Waals surface area contributed by atoms with Crippen molar-refractivity contribution in [2.45, 2.75) is 26.5 Å². The Morgan fingerprint density at radius 3 is 2.73 bits per heavy atom. The van der Waals surface area contributed by atoms with Gasteiger partial charge in [-0.15, -0.1) is 0 Å². The van der Waals surface area contributed by atoms with Crippen molar-refractivity contribution in [2.24, 2.45) is 0 Å². The van der Waals surface area contributed by atoms with Crippen LogP contribution in [0.4, 0.5) is 14.6 Å². The summed E-state index contributed by atoms with van der Waals surface area (Å²) < 4.78 is 28.9. The average Bonchev–Trinajstić information content (AvgIpc) is 2.45. The second-order valence-electron chi connectivity index (χ2n) is 4.59. The number of aromatic nitrogens is 2. The third-order valence-electron chi connectivity index (χ3n) is 3.02. The van der Waals surface area contributed by atoms with Crippen LogP contribution in [-0.4, -0.2) is 21.7 Å². The molecule has 118 valence electrons. The second kappa shape index (κ2) is 6.74. The molecule has 1 atom stereocenters. The van der Waals surface area contributed by atoms with Crippen LogP contribution in [-0.2, 0) is 0 Å². The zero-order valence-electron chi connectivity index (χ0n) is 11.8. The van der Waals surface area contributed by atoms with Crippen molar-refractivity contribution in [2.75, 3.05) is 5.32 Å². The summed E-state index contributed by atoms with van der Waals surface area (Å²) in [6.45, 7) is 0.532. The molecule has 0 spiro atoms. The molecule has 8 heteroatoms. The van der Waals surface area contributed by atoms with E-state index in [4.69, 9.17) is 11.6 Å². The molecule has 0 saturated carbocycles. The number of aryl methyl sites for hydroxylation is 1. The summed E-state index contributed by atoms with van der Waals surface area (Å²) in [4.78, 5) is 8.00. The Morgan fingerprint density at radius 1 is 1.32 bits per heavy atom. The molecule has 0 saturated heterocycles. The molecule has 0 aliphatic heterocycles. The zero-order valence-corrected chi connectivity index (χ0v) is 12.6. The maximum atomic E-state index is 12.3. The van der Waals surface area contributed by atoms with Gasteiger partial charge in [0.2, 0.25) is 0 Å². The van der Waals surface area contributed by atoms with Gasteiger partial charge >= 0.3 is 6.61 Å². The van der Waals surface area contributed by atoms with Crippen LogP contribution >= 0.6 is 11.6 Å². The Kier molecular flexibility index (Phi) is 4.97. The first kappa shape index (κ1) is 16.2. The van der Waals surface area contributed by atoms with Gasteiger partial charge in [-0.05, 0) is 31.5 Å². The van der Waals surface area contributed by atoms with E-state index in [2.05, 4.69) is 20.0 Å². The quantitative estimate of drug-likeness (QED) is 0.870. The van der Waals surface area contributed by atoms with Crippen LogP contribution in [0.25, 0.3) is 0 Å². The monoisotopic (exact) mass is 329 g/mol. The summed E-state index contributed by atoms with van der Waals surface area (Å²) in [5.41, 5.74) is 1.25. The van der Waals surface area contributed by atoms with Gasteiger partial charge in [-0.3, -0.25) is 0 Å². The van der Waals surface area contributed by atoms with Gasteiger partial charge < -0.3 is 15.2 Å². The maximum absolute atomic E-state index is 12.3. The van der Waals surface area contributed by atoms with Gasteiger partial charge in [-0.1, -0.05) is 17.7 Å². The second-order valence-corrected chi connectivity index (χ2v) is 4.97. The molecule has 1 unspecified atom stereocenters. The van der Waals surface area contributed by atoms with E-state index in [1.54, 1.807) is 19.9 Å². The van der Waals surface area contributed by atoms with E-state index < -0.39 is 6.61 Å². The van der Waals surface area contributed by atoms with Gasteiger partial charge in [-0.2, -0.15) is 8.78 Å². The number of nitrogens with one attached hydrogen (secondary N) is 1. The lowest BCUT2D eigenvalue weighted by atomic mass is 10.1. The number of hydrogen-bond acceptors (Lipinski definition) is 5. The summed E-state index contributed by atoms with van der Waals surface area (Å²) in [7, 11) is 0. The van der Waals surface area contributed by atoms with E-state index >= 15 is 0 Å². The van der Waals surface area contributed by atoms with E-state index in [9.17, 15) is 13.9 Å². The molecule has 0 bridgehead atoms.